The number of rotatable bonds is 7. The first-order valence-corrected chi connectivity index (χ1v) is 9.11. The van der Waals surface area contributed by atoms with E-state index < -0.39 is 17.8 Å². The molecule has 1 aromatic heterocycles. The molecule has 1 aromatic carbocycles. The summed E-state index contributed by atoms with van der Waals surface area (Å²) in [6.07, 6.45) is 1.39. The van der Waals surface area contributed by atoms with E-state index in [0.29, 0.717) is 22.8 Å². The summed E-state index contributed by atoms with van der Waals surface area (Å²) in [5.74, 6) is -0.624. The van der Waals surface area contributed by atoms with Gasteiger partial charge in [0.15, 0.2) is 5.96 Å². The number of amides is 1. The number of aromatic nitrogens is 1. The van der Waals surface area contributed by atoms with Crippen LogP contribution in [0.4, 0.5) is 10.1 Å². The van der Waals surface area contributed by atoms with E-state index in [1.54, 1.807) is 19.2 Å². The fourth-order valence-electron chi connectivity index (χ4n) is 2.50. The number of hydrogen-bond acceptors (Lipinski definition) is 4. The molecule has 0 fully saturated rings. The minimum absolute atomic E-state index is 0.203. The second kappa shape index (κ2) is 10.0. The summed E-state index contributed by atoms with van der Waals surface area (Å²) in [6.45, 7) is 3.28. The van der Waals surface area contributed by atoms with Gasteiger partial charge in [-0.15, -0.1) is 0 Å². The number of carbonyl (C=O) groups excluding carboxylic acids is 1. The van der Waals surface area contributed by atoms with Gasteiger partial charge in [-0.1, -0.05) is 18.5 Å². The first-order valence-electron chi connectivity index (χ1n) is 8.73. The molecule has 0 spiro atoms. The molecule has 4 N–H and O–H groups in total. The molecular formula is C19H24ClFN6O. The van der Waals surface area contributed by atoms with Gasteiger partial charge in [-0.2, -0.15) is 0 Å². The third-order valence-corrected chi connectivity index (χ3v) is 4.41. The van der Waals surface area contributed by atoms with Gasteiger partial charge < -0.3 is 21.3 Å². The molecule has 0 saturated heterocycles. The van der Waals surface area contributed by atoms with Crippen LogP contribution in [0, 0.1) is 5.82 Å². The van der Waals surface area contributed by atoms with E-state index in [2.05, 4.69) is 20.6 Å². The number of anilines is 1. The molecule has 1 atom stereocenters. The maximum atomic E-state index is 14.6. The van der Waals surface area contributed by atoms with Crippen LogP contribution in [0.1, 0.15) is 29.0 Å². The van der Waals surface area contributed by atoms with E-state index in [-0.39, 0.29) is 11.7 Å². The Morgan fingerprint density at radius 2 is 2.14 bits per heavy atom. The molecule has 1 amide bonds. The van der Waals surface area contributed by atoms with Crippen LogP contribution in [0.25, 0.3) is 0 Å². The monoisotopic (exact) mass is 406 g/mol. The predicted octanol–water partition coefficient (Wildman–Crippen LogP) is 2.65. The molecule has 0 saturated carbocycles. The zero-order chi connectivity index (χ0) is 20.7. The molecule has 1 heterocycles. The van der Waals surface area contributed by atoms with Gasteiger partial charge in [0.2, 0.25) is 0 Å². The second-order valence-corrected chi connectivity index (χ2v) is 6.65. The van der Waals surface area contributed by atoms with E-state index in [0.717, 1.165) is 6.54 Å². The van der Waals surface area contributed by atoms with Gasteiger partial charge in [-0.3, -0.25) is 9.79 Å². The smallest absolute Gasteiger partial charge is 0.274 e. The highest BCUT2D eigenvalue weighted by Crippen LogP contribution is 2.23. The summed E-state index contributed by atoms with van der Waals surface area (Å²) in [5, 5.41) is 6.17. The van der Waals surface area contributed by atoms with Crippen molar-refractivity contribution < 1.29 is 9.18 Å². The third-order valence-electron chi connectivity index (χ3n) is 4.19. The Balaban J connectivity index is 2.27. The molecule has 28 heavy (non-hydrogen) atoms. The lowest BCUT2D eigenvalue weighted by atomic mass is 10.0. The average Bonchev–Trinajstić information content (AvgIpc) is 2.69. The fourth-order valence-corrected chi connectivity index (χ4v) is 2.61. The number of likely N-dealkylation sites (N-methyl/N-ethyl adjacent to an activating group) is 1. The van der Waals surface area contributed by atoms with Crippen LogP contribution < -0.4 is 16.4 Å². The molecule has 0 aliphatic heterocycles. The number of hydrogen-bond donors (Lipinski definition) is 3. The summed E-state index contributed by atoms with van der Waals surface area (Å²) in [7, 11) is 3.47. The largest absolute Gasteiger partial charge is 0.370 e. The summed E-state index contributed by atoms with van der Waals surface area (Å²) >= 11 is 5.79. The zero-order valence-corrected chi connectivity index (χ0v) is 16.8. The number of nitrogens with two attached hydrogens (primary N) is 1. The summed E-state index contributed by atoms with van der Waals surface area (Å²) < 4.78 is 14.6. The van der Waals surface area contributed by atoms with Crippen LogP contribution in [0.5, 0.6) is 0 Å². The third kappa shape index (κ3) is 5.90. The number of pyridine rings is 1. The standard InChI is InChI=1S/C19H24ClFN6O/c1-4-27(3)11-17(26-19(22)23-2)14-9-13(6-7-15(14)21)25-18(28)16-8-5-12(20)10-24-16/h5-10,17H,4,11H2,1-3H3,(H,25,28)(H3,22,23,26). The highest BCUT2D eigenvalue weighted by molar-refractivity contribution is 6.30. The van der Waals surface area contributed by atoms with Crippen LogP contribution >= 0.6 is 11.6 Å². The van der Waals surface area contributed by atoms with Crippen molar-refractivity contribution in [3.8, 4) is 0 Å². The number of aliphatic imine (C=N–C) groups is 1. The lowest BCUT2D eigenvalue weighted by Gasteiger charge is -2.25. The number of carbonyl (C=O) groups is 1. The molecule has 0 aliphatic carbocycles. The van der Waals surface area contributed by atoms with Crippen LogP contribution in [-0.4, -0.2) is 48.9 Å². The van der Waals surface area contributed by atoms with Crippen molar-refractivity contribution in [2.75, 3.05) is 32.5 Å². The van der Waals surface area contributed by atoms with Crippen molar-refractivity contribution in [1.29, 1.82) is 0 Å². The minimum Gasteiger partial charge on any atom is -0.370 e. The second-order valence-electron chi connectivity index (χ2n) is 6.21. The van der Waals surface area contributed by atoms with Gasteiger partial charge in [0, 0.05) is 31.0 Å². The maximum absolute atomic E-state index is 14.6. The van der Waals surface area contributed by atoms with Gasteiger partial charge in [0.25, 0.3) is 5.91 Å². The lowest BCUT2D eigenvalue weighted by molar-refractivity contribution is 0.102. The lowest BCUT2D eigenvalue weighted by Crippen LogP contribution is -2.40. The van der Waals surface area contributed by atoms with E-state index >= 15 is 0 Å². The molecule has 1 unspecified atom stereocenters. The molecule has 0 radical (unpaired) electrons. The molecule has 0 bridgehead atoms. The van der Waals surface area contributed by atoms with Crippen LogP contribution in [0.2, 0.25) is 5.02 Å². The van der Waals surface area contributed by atoms with Gasteiger partial charge in [-0.05, 0) is 43.9 Å². The zero-order valence-electron chi connectivity index (χ0n) is 16.0. The van der Waals surface area contributed by atoms with Crippen molar-refractivity contribution >= 4 is 29.2 Å². The quantitative estimate of drug-likeness (QED) is 0.485. The van der Waals surface area contributed by atoms with Crippen molar-refractivity contribution in [3.63, 3.8) is 0 Å². The van der Waals surface area contributed by atoms with Gasteiger partial charge >= 0.3 is 0 Å². The van der Waals surface area contributed by atoms with Crippen molar-refractivity contribution in [1.82, 2.24) is 15.2 Å². The summed E-state index contributed by atoms with van der Waals surface area (Å²) in [5.41, 5.74) is 6.81. The Morgan fingerprint density at radius 3 is 2.75 bits per heavy atom. The Kier molecular flexibility index (Phi) is 7.71. The van der Waals surface area contributed by atoms with Crippen LogP contribution in [0.15, 0.2) is 41.5 Å². The van der Waals surface area contributed by atoms with Gasteiger partial charge in [-0.25, -0.2) is 9.37 Å². The molecule has 2 aromatic rings. The highest BCUT2D eigenvalue weighted by atomic mass is 35.5. The number of nitrogens with zero attached hydrogens (tertiary/aromatic N) is 3. The van der Waals surface area contributed by atoms with Crippen LogP contribution in [-0.2, 0) is 0 Å². The Bertz CT molecular complexity index is 843. The van der Waals surface area contributed by atoms with E-state index in [1.807, 2.05) is 18.9 Å². The van der Waals surface area contributed by atoms with Crippen molar-refractivity contribution in [3.05, 3.63) is 58.6 Å². The predicted molar refractivity (Wildman–Crippen MR) is 110 cm³/mol. The van der Waals surface area contributed by atoms with E-state index in [4.69, 9.17) is 17.3 Å². The first-order chi connectivity index (χ1) is 13.3. The van der Waals surface area contributed by atoms with Crippen molar-refractivity contribution in [2.24, 2.45) is 10.7 Å². The number of nitrogens with one attached hydrogen (secondary N) is 2. The summed E-state index contributed by atoms with van der Waals surface area (Å²) in [4.78, 5) is 22.3. The average molecular weight is 407 g/mol. The molecule has 9 heteroatoms. The SMILES string of the molecule is CCN(C)CC(NC(N)=NC)c1cc(NC(=O)c2ccc(Cl)cn2)ccc1F. The molecule has 7 nitrogen and oxygen atoms in total. The molecule has 150 valence electrons. The maximum Gasteiger partial charge on any atom is 0.274 e. The Hall–Kier alpha value is -2.71. The number of benzene rings is 1. The van der Waals surface area contributed by atoms with Gasteiger partial charge in [0.1, 0.15) is 11.5 Å². The number of halogens is 2. The van der Waals surface area contributed by atoms with Gasteiger partial charge in [0.05, 0.1) is 11.1 Å². The Morgan fingerprint density at radius 1 is 1.39 bits per heavy atom. The molecule has 2 rings (SSSR count). The fraction of sp³-hybridized carbons (Fsp3) is 0.316. The molecule has 0 aliphatic rings. The number of guanidine groups is 1. The summed E-state index contributed by atoms with van der Waals surface area (Å²) in [6, 6.07) is 7.02. The van der Waals surface area contributed by atoms with E-state index in [9.17, 15) is 9.18 Å². The van der Waals surface area contributed by atoms with E-state index in [1.165, 1.54) is 24.4 Å². The first kappa shape index (κ1) is 21.6. The molecular weight excluding hydrogens is 383 g/mol. The van der Waals surface area contributed by atoms with Crippen molar-refractivity contribution in [2.45, 2.75) is 13.0 Å². The normalized spacial score (nSPS) is 12.7. The minimum atomic E-state index is -0.445. The van der Waals surface area contributed by atoms with Crippen LogP contribution in [0.3, 0.4) is 0 Å². The highest BCUT2D eigenvalue weighted by Gasteiger charge is 2.19. The topological polar surface area (TPSA) is 95.6 Å². The Labute approximate surface area is 168 Å².